The molecule has 0 fully saturated rings. The Morgan fingerprint density at radius 1 is 0.361 bits per heavy atom. The van der Waals surface area contributed by atoms with Crippen LogP contribution in [-0.2, 0) is 0 Å². The van der Waals surface area contributed by atoms with Gasteiger partial charge in [0.25, 0.3) is 0 Å². The highest BCUT2D eigenvalue weighted by Crippen LogP contribution is 2.49. The lowest BCUT2D eigenvalue weighted by Crippen LogP contribution is -2.09. The smallest absolute Gasteiger partial charge is 0.167 e. The van der Waals surface area contributed by atoms with Crippen molar-refractivity contribution in [3.63, 3.8) is 0 Å². The number of rotatable bonds is 5. The van der Waals surface area contributed by atoms with Crippen LogP contribution in [0.25, 0.3) is 109 Å². The van der Waals surface area contributed by atoms with Crippen molar-refractivity contribution in [2.24, 2.45) is 0 Å². The molecule has 0 radical (unpaired) electrons. The maximum absolute atomic E-state index is 7.14. The Morgan fingerprint density at radius 3 is 1.66 bits per heavy atom. The molecule has 61 heavy (non-hydrogen) atoms. The van der Waals surface area contributed by atoms with Crippen molar-refractivity contribution in [2.75, 3.05) is 0 Å². The van der Waals surface area contributed by atoms with Gasteiger partial charge in [0, 0.05) is 47.5 Å². The van der Waals surface area contributed by atoms with E-state index in [4.69, 9.17) is 19.4 Å². The molecule has 1 aliphatic rings. The summed E-state index contributed by atoms with van der Waals surface area (Å²) in [6.45, 7) is 0. The van der Waals surface area contributed by atoms with E-state index >= 15 is 0 Å². The molecule has 0 unspecified atom stereocenters. The molecule has 0 amide bonds. The van der Waals surface area contributed by atoms with E-state index in [-0.39, 0.29) is 5.92 Å². The van der Waals surface area contributed by atoms with Gasteiger partial charge in [-0.3, -0.25) is 0 Å². The second-order valence-electron chi connectivity index (χ2n) is 15.8. The number of hydrogen-bond acceptors (Lipinski definition) is 5. The normalized spacial score (nSPS) is 12.5. The van der Waals surface area contributed by atoms with Crippen LogP contribution in [0.4, 0.5) is 0 Å². The maximum Gasteiger partial charge on any atom is 0.167 e. The number of nitrogens with zero attached hydrogens (tertiary/aromatic N) is 3. The predicted octanol–water partition coefficient (Wildman–Crippen LogP) is 15.1. The van der Waals surface area contributed by atoms with E-state index in [9.17, 15) is 0 Å². The third kappa shape index (κ3) is 5.27. The molecule has 0 spiro atoms. The molecule has 0 N–H and O–H groups in total. The Morgan fingerprint density at radius 2 is 0.902 bits per heavy atom. The molecule has 0 atom stereocenters. The highest BCUT2D eigenvalue weighted by molar-refractivity contribution is 7.26. The molecule has 12 aromatic rings. The molecule has 13 rings (SSSR count). The quantitative estimate of drug-likeness (QED) is 0.174. The van der Waals surface area contributed by atoms with Crippen molar-refractivity contribution >= 4 is 64.2 Å². The summed E-state index contributed by atoms with van der Waals surface area (Å²) in [4.78, 5) is 16.0. The largest absolute Gasteiger partial charge is 0.455 e. The minimum atomic E-state index is -0.158. The number of thiophene rings is 1. The van der Waals surface area contributed by atoms with Crippen molar-refractivity contribution in [2.45, 2.75) is 5.92 Å². The molecule has 0 saturated heterocycles. The standard InChI is InChI=1S/C56H33N3OS/c1-2-14-33(15-3-1)34-28-30-35(31-29-34)54-57-55(59-56(58-54)50-40-20-7-4-16-36(40)37-17-5-8-21-41(37)50)46-26-13-24-43-42-23-12-25-44(51(42)60-52(43)46)47-32-48-39-19-10-11-27-49(39)61-53(48)45-22-9-6-18-38(45)47/h1-32,50H. The molecule has 1 aliphatic carbocycles. The number of fused-ring (bicyclic) bond motifs is 11. The third-order valence-corrected chi connectivity index (χ3v) is 13.7. The van der Waals surface area contributed by atoms with Gasteiger partial charge in [-0.25, -0.2) is 15.0 Å². The lowest BCUT2D eigenvalue weighted by Gasteiger charge is -2.15. The summed E-state index contributed by atoms with van der Waals surface area (Å²) in [5.74, 6) is 1.75. The van der Waals surface area contributed by atoms with E-state index in [1.807, 2.05) is 17.4 Å². The van der Waals surface area contributed by atoms with Crippen LogP contribution in [-0.4, -0.2) is 15.0 Å². The average molecular weight is 796 g/mol. The topological polar surface area (TPSA) is 51.8 Å². The number of aromatic nitrogens is 3. The van der Waals surface area contributed by atoms with Crippen LogP contribution in [0.2, 0.25) is 0 Å². The Labute approximate surface area is 355 Å². The first-order valence-corrected chi connectivity index (χ1v) is 21.4. The van der Waals surface area contributed by atoms with Crippen molar-refractivity contribution in [1.29, 1.82) is 0 Å². The average Bonchev–Trinajstić information content (AvgIpc) is 4.02. The van der Waals surface area contributed by atoms with E-state index < -0.39 is 0 Å². The number of para-hydroxylation sites is 2. The number of benzene rings is 9. The van der Waals surface area contributed by atoms with Gasteiger partial charge in [0.15, 0.2) is 11.6 Å². The molecule has 3 aromatic heterocycles. The molecular weight excluding hydrogens is 763 g/mol. The summed E-state index contributed by atoms with van der Waals surface area (Å²) < 4.78 is 9.74. The van der Waals surface area contributed by atoms with Crippen molar-refractivity contribution in [3.8, 4) is 56.2 Å². The van der Waals surface area contributed by atoms with E-state index in [1.165, 1.54) is 53.2 Å². The van der Waals surface area contributed by atoms with Gasteiger partial charge < -0.3 is 4.42 Å². The number of furan rings is 1. The summed E-state index contributed by atoms with van der Waals surface area (Å²) in [7, 11) is 0. The summed E-state index contributed by atoms with van der Waals surface area (Å²) >= 11 is 1.86. The Bertz CT molecular complexity index is 3670. The van der Waals surface area contributed by atoms with Gasteiger partial charge in [-0.05, 0) is 62.5 Å². The van der Waals surface area contributed by atoms with Gasteiger partial charge in [0.2, 0.25) is 0 Å². The fourth-order valence-corrected chi connectivity index (χ4v) is 10.8. The second kappa shape index (κ2) is 13.4. The number of hydrogen-bond donors (Lipinski definition) is 0. The van der Waals surface area contributed by atoms with Gasteiger partial charge in [-0.15, -0.1) is 11.3 Å². The molecular formula is C56H33N3OS. The highest BCUT2D eigenvalue weighted by Gasteiger charge is 2.33. The van der Waals surface area contributed by atoms with Crippen LogP contribution in [0, 0.1) is 0 Å². The Kier molecular flexibility index (Phi) is 7.50. The van der Waals surface area contributed by atoms with E-state index in [0.717, 1.165) is 55.3 Å². The summed E-state index contributed by atoms with van der Waals surface area (Å²) in [6, 6.07) is 68.9. The van der Waals surface area contributed by atoms with Crippen molar-refractivity contribution in [1.82, 2.24) is 15.0 Å². The zero-order valence-corrected chi connectivity index (χ0v) is 33.5. The molecule has 0 aliphatic heterocycles. The van der Waals surface area contributed by atoms with Gasteiger partial charge in [-0.2, -0.15) is 0 Å². The first kappa shape index (κ1) is 34.2. The van der Waals surface area contributed by atoms with Crippen molar-refractivity contribution < 1.29 is 4.42 Å². The van der Waals surface area contributed by atoms with Crippen LogP contribution < -0.4 is 0 Å². The SMILES string of the molecule is c1ccc(-c2ccc(-c3nc(-c4cccc5c4oc4c(-c6cc7c8ccccc8sc7c7ccccc67)cccc45)nc(C4c5ccccc5-c5ccccc54)n3)cc2)cc1. The molecule has 284 valence electrons. The maximum atomic E-state index is 7.14. The summed E-state index contributed by atoms with van der Waals surface area (Å²) in [5.41, 5.74) is 12.7. The first-order chi connectivity index (χ1) is 30.2. The van der Waals surface area contributed by atoms with Crippen LogP contribution in [0.3, 0.4) is 0 Å². The van der Waals surface area contributed by atoms with Crippen LogP contribution in [0.15, 0.2) is 199 Å². The first-order valence-electron chi connectivity index (χ1n) is 20.6. The Balaban J connectivity index is 1.03. The minimum Gasteiger partial charge on any atom is -0.455 e. The zero-order chi connectivity index (χ0) is 40.0. The van der Waals surface area contributed by atoms with Crippen LogP contribution >= 0.6 is 11.3 Å². The second-order valence-corrected chi connectivity index (χ2v) is 16.9. The van der Waals surface area contributed by atoms with E-state index in [2.05, 4.69) is 188 Å². The summed E-state index contributed by atoms with van der Waals surface area (Å²) in [5, 5.41) is 7.07. The fraction of sp³-hybridized carbons (Fsp3) is 0.0179. The zero-order valence-electron chi connectivity index (χ0n) is 32.7. The van der Waals surface area contributed by atoms with Gasteiger partial charge in [0.1, 0.15) is 17.0 Å². The predicted molar refractivity (Wildman–Crippen MR) is 252 cm³/mol. The van der Waals surface area contributed by atoms with Gasteiger partial charge in [-0.1, -0.05) is 176 Å². The lowest BCUT2D eigenvalue weighted by atomic mass is 9.94. The van der Waals surface area contributed by atoms with Crippen LogP contribution in [0.5, 0.6) is 0 Å². The molecule has 0 saturated carbocycles. The summed E-state index contributed by atoms with van der Waals surface area (Å²) in [6.07, 6.45) is 0. The molecule has 3 heterocycles. The molecule has 0 bridgehead atoms. The van der Waals surface area contributed by atoms with Crippen molar-refractivity contribution in [3.05, 3.63) is 211 Å². The molecule has 4 nitrogen and oxygen atoms in total. The van der Waals surface area contributed by atoms with E-state index in [1.54, 1.807) is 0 Å². The minimum absolute atomic E-state index is 0.158. The fourth-order valence-electron chi connectivity index (χ4n) is 9.63. The monoisotopic (exact) mass is 795 g/mol. The molecule has 9 aromatic carbocycles. The van der Waals surface area contributed by atoms with E-state index in [0.29, 0.717) is 17.5 Å². The highest BCUT2D eigenvalue weighted by atomic mass is 32.1. The third-order valence-electron chi connectivity index (χ3n) is 12.4. The van der Waals surface area contributed by atoms with Gasteiger partial charge >= 0.3 is 0 Å². The lowest BCUT2D eigenvalue weighted by molar-refractivity contribution is 0.670. The van der Waals surface area contributed by atoms with Crippen LogP contribution in [0.1, 0.15) is 22.9 Å². The Hall–Kier alpha value is -7.73. The molecule has 5 heteroatoms. The van der Waals surface area contributed by atoms with Gasteiger partial charge in [0.05, 0.1) is 11.5 Å².